The summed E-state index contributed by atoms with van der Waals surface area (Å²) in [6, 6.07) is 6.53. The molecular formula is C14H17ClN2O2S2. The third-order valence-corrected chi connectivity index (χ3v) is 6.90. The molecule has 0 aliphatic rings. The van der Waals surface area contributed by atoms with E-state index in [1.54, 1.807) is 20.0 Å². The molecule has 114 valence electrons. The van der Waals surface area contributed by atoms with Crippen molar-refractivity contribution in [2.75, 3.05) is 12.8 Å². The molecule has 7 heteroatoms. The minimum absolute atomic E-state index is 0.160. The Hall–Kier alpha value is -1.08. The zero-order valence-electron chi connectivity index (χ0n) is 12.0. The smallest absolute Gasteiger partial charge is 0.243 e. The quantitative estimate of drug-likeness (QED) is 0.860. The highest BCUT2D eigenvalue weighted by atomic mass is 35.5. The van der Waals surface area contributed by atoms with E-state index in [1.165, 1.54) is 21.7 Å². The number of rotatable bonds is 4. The fourth-order valence-corrected chi connectivity index (χ4v) is 4.46. The SMILES string of the molecule is Cc1cc(S(=O)(=O)N(C)C(C)c2cccs2)cc(N)c1Cl. The highest BCUT2D eigenvalue weighted by molar-refractivity contribution is 7.89. The standard InChI is InChI=1S/C14H17ClN2O2S2/c1-9-7-11(8-12(16)14(9)15)21(18,19)17(3)10(2)13-5-4-6-20-13/h4-8,10H,16H2,1-3H3. The van der Waals surface area contributed by atoms with Crippen molar-refractivity contribution in [2.24, 2.45) is 0 Å². The number of aryl methyl sites for hydroxylation is 1. The molecule has 1 atom stereocenters. The molecule has 0 saturated carbocycles. The van der Waals surface area contributed by atoms with Crippen LogP contribution in [0.3, 0.4) is 0 Å². The second-order valence-corrected chi connectivity index (χ2v) is 8.21. The van der Waals surface area contributed by atoms with E-state index in [1.807, 2.05) is 24.4 Å². The molecule has 0 bridgehead atoms. The van der Waals surface area contributed by atoms with Gasteiger partial charge < -0.3 is 5.73 Å². The van der Waals surface area contributed by atoms with Crippen molar-refractivity contribution in [1.29, 1.82) is 0 Å². The molecule has 0 radical (unpaired) electrons. The lowest BCUT2D eigenvalue weighted by molar-refractivity contribution is 0.403. The van der Waals surface area contributed by atoms with Gasteiger partial charge in [-0.3, -0.25) is 0 Å². The van der Waals surface area contributed by atoms with Crippen molar-refractivity contribution in [3.8, 4) is 0 Å². The number of benzene rings is 1. The maximum absolute atomic E-state index is 12.7. The van der Waals surface area contributed by atoms with Crippen LogP contribution in [-0.2, 0) is 10.0 Å². The van der Waals surface area contributed by atoms with Crippen LogP contribution >= 0.6 is 22.9 Å². The number of hydrogen-bond donors (Lipinski definition) is 1. The molecule has 1 aromatic carbocycles. The number of nitrogen functional groups attached to an aromatic ring is 1. The van der Waals surface area contributed by atoms with Gasteiger partial charge in [0.1, 0.15) is 0 Å². The van der Waals surface area contributed by atoms with Gasteiger partial charge in [-0.15, -0.1) is 11.3 Å². The zero-order valence-corrected chi connectivity index (χ0v) is 14.4. The molecular weight excluding hydrogens is 328 g/mol. The highest BCUT2D eigenvalue weighted by Crippen LogP contribution is 2.32. The zero-order chi connectivity index (χ0) is 15.8. The summed E-state index contributed by atoms with van der Waals surface area (Å²) in [7, 11) is -2.06. The number of nitrogens with zero attached hydrogens (tertiary/aromatic N) is 1. The van der Waals surface area contributed by atoms with Crippen molar-refractivity contribution in [3.63, 3.8) is 0 Å². The molecule has 2 rings (SSSR count). The van der Waals surface area contributed by atoms with Crippen LogP contribution in [0, 0.1) is 6.92 Å². The molecule has 0 saturated heterocycles. The van der Waals surface area contributed by atoms with Crippen LogP contribution in [-0.4, -0.2) is 19.8 Å². The van der Waals surface area contributed by atoms with Gasteiger partial charge in [-0.2, -0.15) is 4.31 Å². The first-order chi connectivity index (χ1) is 9.75. The van der Waals surface area contributed by atoms with Crippen LogP contribution in [0.2, 0.25) is 5.02 Å². The molecule has 0 aliphatic heterocycles. The Balaban J connectivity index is 2.42. The van der Waals surface area contributed by atoms with Crippen LogP contribution in [0.1, 0.15) is 23.4 Å². The number of hydrogen-bond acceptors (Lipinski definition) is 4. The van der Waals surface area contributed by atoms with Crippen LogP contribution in [0.15, 0.2) is 34.5 Å². The van der Waals surface area contributed by atoms with Gasteiger partial charge in [-0.25, -0.2) is 8.42 Å². The number of halogens is 1. The second-order valence-electron chi connectivity index (χ2n) is 4.86. The topological polar surface area (TPSA) is 63.4 Å². The summed E-state index contributed by atoms with van der Waals surface area (Å²) in [5.74, 6) is 0. The average molecular weight is 345 g/mol. The van der Waals surface area contributed by atoms with Crippen LogP contribution in [0.4, 0.5) is 5.69 Å². The van der Waals surface area contributed by atoms with E-state index in [0.29, 0.717) is 10.6 Å². The van der Waals surface area contributed by atoms with E-state index >= 15 is 0 Å². The fraction of sp³-hybridized carbons (Fsp3) is 0.286. The molecule has 0 aliphatic carbocycles. The molecule has 0 spiro atoms. The van der Waals surface area contributed by atoms with Gasteiger partial charge in [-0.05, 0) is 43.0 Å². The normalized spacial score (nSPS) is 13.6. The molecule has 2 N–H and O–H groups in total. The van der Waals surface area contributed by atoms with Crippen molar-refractivity contribution >= 4 is 38.6 Å². The maximum Gasteiger partial charge on any atom is 0.243 e. The van der Waals surface area contributed by atoms with Crippen molar-refractivity contribution in [2.45, 2.75) is 24.8 Å². The summed E-state index contributed by atoms with van der Waals surface area (Å²) in [6.07, 6.45) is 0. The number of nitrogens with two attached hydrogens (primary N) is 1. The second kappa shape index (κ2) is 5.96. The fourth-order valence-electron chi connectivity index (χ4n) is 1.99. The van der Waals surface area contributed by atoms with Gasteiger partial charge in [0.05, 0.1) is 21.6 Å². The molecule has 2 aromatic rings. The largest absolute Gasteiger partial charge is 0.397 e. The first-order valence-corrected chi connectivity index (χ1v) is 9.02. The Morgan fingerprint density at radius 2 is 2.05 bits per heavy atom. The molecule has 1 aromatic heterocycles. The van der Waals surface area contributed by atoms with E-state index in [9.17, 15) is 8.42 Å². The van der Waals surface area contributed by atoms with Crippen LogP contribution < -0.4 is 5.73 Å². The van der Waals surface area contributed by atoms with E-state index in [0.717, 1.165) is 4.88 Å². The summed E-state index contributed by atoms with van der Waals surface area (Å²) in [5.41, 5.74) is 6.69. The van der Waals surface area contributed by atoms with E-state index in [-0.39, 0.29) is 16.6 Å². The van der Waals surface area contributed by atoms with Gasteiger partial charge in [-0.1, -0.05) is 17.7 Å². The summed E-state index contributed by atoms with van der Waals surface area (Å²) < 4.78 is 26.8. The van der Waals surface area contributed by atoms with Crippen LogP contribution in [0.25, 0.3) is 0 Å². The number of sulfonamides is 1. The lowest BCUT2D eigenvalue weighted by Gasteiger charge is -2.24. The molecule has 21 heavy (non-hydrogen) atoms. The molecule has 0 fully saturated rings. The predicted molar refractivity (Wildman–Crippen MR) is 88.3 cm³/mol. The summed E-state index contributed by atoms with van der Waals surface area (Å²) >= 11 is 7.52. The van der Waals surface area contributed by atoms with Crippen molar-refractivity contribution < 1.29 is 8.42 Å². The first-order valence-electron chi connectivity index (χ1n) is 6.32. The van der Waals surface area contributed by atoms with Crippen molar-refractivity contribution in [1.82, 2.24) is 4.31 Å². The first kappa shape index (κ1) is 16.3. The Morgan fingerprint density at radius 3 is 2.57 bits per heavy atom. The van der Waals surface area contributed by atoms with E-state index in [4.69, 9.17) is 17.3 Å². The third-order valence-electron chi connectivity index (χ3n) is 3.43. The number of thiophene rings is 1. The summed E-state index contributed by atoms with van der Waals surface area (Å²) in [4.78, 5) is 1.15. The molecule has 0 amide bonds. The molecule has 1 unspecified atom stereocenters. The van der Waals surface area contributed by atoms with Gasteiger partial charge in [0.2, 0.25) is 10.0 Å². The average Bonchev–Trinajstić information content (AvgIpc) is 2.96. The third kappa shape index (κ3) is 3.08. The summed E-state index contributed by atoms with van der Waals surface area (Å²) in [6.45, 7) is 3.59. The minimum atomic E-state index is -3.62. The number of anilines is 1. The van der Waals surface area contributed by atoms with Crippen molar-refractivity contribution in [3.05, 3.63) is 45.1 Å². The highest BCUT2D eigenvalue weighted by Gasteiger charge is 2.27. The monoisotopic (exact) mass is 344 g/mol. The van der Waals surface area contributed by atoms with Crippen LogP contribution in [0.5, 0.6) is 0 Å². The van der Waals surface area contributed by atoms with E-state index in [2.05, 4.69) is 0 Å². The Morgan fingerprint density at radius 1 is 1.38 bits per heavy atom. The molecule has 4 nitrogen and oxygen atoms in total. The minimum Gasteiger partial charge on any atom is -0.397 e. The lowest BCUT2D eigenvalue weighted by atomic mass is 10.2. The maximum atomic E-state index is 12.7. The Bertz CT molecular complexity index is 719. The predicted octanol–water partition coefficient (Wildman–Crippen LogP) is 3.67. The van der Waals surface area contributed by atoms with Gasteiger partial charge in [0, 0.05) is 11.9 Å². The Kier molecular flexibility index (Phi) is 4.63. The molecule has 1 heterocycles. The summed E-state index contributed by atoms with van der Waals surface area (Å²) in [5, 5.41) is 2.32. The Labute approximate surface area is 134 Å². The lowest BCUT2D eigenvalue weighted by Crippen LogP contribution is -2.29. The van der Waals surface area contributed by atoms with Gasteiger partial charge in [0.15, 0.2) is 0 Å². The van der Waals surface area contributed by atoms with Gasteiger partial charge >= 0.3 is 0 Å². The van der Waals surface area contributed by atoms with Gasteiger partial charge in [0.25, 0.3) is 0 Å². The van der Waals surface area contributed by atoms with E-state index < -0.39 is 10.0 Å².